The molecule has 1 aromatic heterocycles. The van der Waals surface area contributed by atoms with E-state index >= 15 is 0 Å². The van der Waals surface area contributed by atoms with Crippen molar-refractivity contribution in [3.05, 3.63) is 41.2 Å². The monoisotopic (exact) mass is 368 g/mol. The predicted octanol–water partition coefficient (Wildman–Crippen LogP) is 3.54. The number of amides is 2. The van der Waals surface area contributed by atoms with E-state index in [4.69, 9.17) is 0 Å². The van der Waals surface area contributed by atoms with Crippen LogP contribution in [0.5, 0.6) is 0 Å². The molecule has 1 N–H and O–H groups in total. The highest BCUT2D eigenvalue weighted by Crippen LogP contribution is 2.34. The number of aromatic nitrogens is 2. The molecule has 144 valence electrons. The van der Waals surface area contributed by atoms with Gasteiger partial charge in [0.1, 0.15) is 0 Å². The lowest BCUT2D eigenvalue weighted by molar-refractivity contribution is -0.122. The number of aryl methyl sites for hydroxylation is 2. The zero-order valence-electron chi connectivity index (χ0n) is 16.7. The molecule has 0 spiro atoms. The van der Waals surface area contributed by atoms with E-state index in [1.807, 2.05) is 39.1 Å². The molecule has 2 unspecified atom stereocenters. The van der Waals surface area contributed by atoms with Gasteiger partial charge in [0.2, 0.25) is 11.8 Å². The highest BCUT2D eigenvalue weighted by molar-refractivity contribution is 6.04. The van der Waals surface area contributed by atoms with Crippen molar-refractivity contribution in [1.29, 1.82) is 0 Å². The maximum Gasteiger partial charge on any atom is 0.229 e. The molecule has 1 fully saturated rings. The third-order valence-corrected chi connectivity index (χ3v) is 5.62. The van der Waals surface area contributed by atoms with Gasteiger partial charge in [0.05, 0.1) is 23.0 Å². The van der Waals surface area contributed by atoms with Crippen LogP contribution in [0.15, 0.2) is 24.3 Å². The van der Waals surface area contributed by atoms with Gasteiger partial charge in [-0.3, -0.25) is 14.3 Å². The maximum absolute atomic E-state index is 12.8. The van der Waals surface area contributed by atoms with E-state index in [-0.39, 0.29) is 24.2 Å². The maximum atomic E-state index is 12.8. The van der Waals surface area contributed by atoms with Crippen LogP contribution in [0.1, 0.15) is 49.6 Å². The van der Waals surface area contributed by atoms with E-state index < -0.39 is 0 Å². The minimum Gasteiger partial charge on any atom is -0.323 e. The van der Waals surface area contributed by atoms with Gasteiger partial charge in [0, 0.05) is 25.7 Å². The van der Waals surface area contributed by atoms with Gasteiger partial charge < -0.3 is 10.2 Å². The predicted molar refractivity (Wildman–Crippen MR) is 107 cm³/mol. The van der Waals surface area contributed by atoms with Crippen molar-refractivity contribution in [1.82, 2.24) is 9.78 Å². The Bertz CT molecular complexity index is 871. The van der Waals surface area contributed by atoms with E-state index in [2.05, 4.69) is 30.3 Å². The van der Waals surface area contributed by atoms with Crippen LogP contribution in [0.2, 0.25) is 0 Å². The highest BCUT2D eigenvalue weighted by Gasteiger charge is 2.36. The SMILES string of the molecule is CCC(C)c1ccccc1N1CC(C(=O)Nc2c(C)nn(C)c2C)CC1=O. The lowest BCUT2D eigenvalue weighted by Gasteiger charge is -2.23. The number of nitrogens with zero attached hydrogens (tertiary/aromatic N) is 3. The molecule has 1 aliphatic heterocycles. The summed E-state index contributed by atoms with van der Waals surface area (Å²) in [5, 5.41) is 7.31. The summed E-state index contributed by atoms with van der Waals surface area (Å²) in [5.74, 6) is -0.110. The zero-order chi connectivity index (χ0) is 19.7. The second kappa shape index (κ2) is 7.55. The number of nitrogens with one attached hydrogen (secondary N) is 1. The molecule has 2 aromatic rings. The number of anilines is 2. The minimum atomic E-state index is -0.360. The van der Waals surface area contributed by atoms with E-state index in [1.54, 1.807) is 9.58 Å². The largest absolute Gasteiger partial charge is 0.323 e. The summed E-state index contributed by atoms with van der Waals surface area (Å²) >= 11 is 0. The standard InChI is InChI=1S/C21H28N4O2/c1-6-13(2)17-9-7-8-10-18(17)25-12-16(11-19(25)26)21(27)22-20-14(3)23-24(5)15(20)4/h7-10,13,16H,6,11-12H2,1-5H3,(H,22,27). The number of carbonyl (C=O) groups is 2. The fourth-order valence-electron chi connectivity index (χ4n) is 3.67. The van der Waals surface area contributed by atoms with E-state index in [9.17, 15) is 9.59 Å². The normalized spacial score (nSPS) is 18.0. The van der Waals surface area contributed by atoms with Crippen molar-refractivity contribution in [2.75, 3.05) is 16.8 Å². The van der Waals surface area contributed by atoms with Gasteiger partial charge in [-0.2, -0.15) is 5.10 Å². The summed E-state index contributed by atoms with van der Waals surface area (Å²) < 4.78 is 1.75. The molecule has 0 bridgehead atoms. The molecule has 0 radical (unpaired) electrons. The quantitative estimate of drug-likeness (QED) is 0.878. The van der Waals surface area contributed by atoms with Crippen molar-refractivity contribution < 1.29 is 9.59 Å². The fraction of sp³-hybridized carbons (Fsp3) is 0.476. The number of rotatable bonds is 5. The number of benzene rings is 1. The molecule has 2 atom stereocenters. The first kappa shape index (κ1) is 19.1. The number of para-hydroxylation sites is 1. The van der Waals surface area contributed by atoms with Crippen molar-refractivity contribution in [3.63, 3.8) is 0 Å². The zero-order valence-corrected chi connectivity index (χ0v) is 16.7. The third-order valence-electron chi connectivity index (χ3n) is 5.62. The molecule has 2 heterocycles. The molecule has 1 aromatic carbocycles. The van der Waals surface area contributed by atoms with Gasteiger partial charge in [-0.05, 0) is 37.8 Å². The summed E-state index contributed by atoms with van der Waals surface area (Å²) in [6, 6.07) is 8.01. The van der Waals surface area contributed by atoms with E-state index in [1.165, 1.54) is 0 Å². The van der Waals surface area contributed by atoms with Crippen LogP contribution in [0.4, 0.5) is 11.4 Å². The van der Waals surface area contributed by atoms with Crippen molar-refractivity contribution in [3.8, 4) is 0 Å². The van der Waals surface area contributed by atoms with E-state index in [0.717, 1.165) is 34.7 Å². The number of hydrogen-bond donors (Lipinski definition) is 1. The van der Waals surface area contributed by atoms with Crippen LogP contribution in [-0.4, -0.2) is 28.1 Å². The Kier molecular flexibility index (Phi) is 5.35. The Hall–Kier alpha value is -2.63. The van der Waals surface area contributed by atoms with Gasteiger partial charge in [-0.25, -0.2) is 0 Å². The average molecular weight is 368 g/mol. The van der Waals surface area contributed by atoms with Crippen molar-refractivity contribution in [2.45, 2.75) is 46.5 Å². The molecule has 1 aliphatic rings. The lowest BCUT2D eigenvalue weighted by atomic mass is 9.96. The lowest BCUT2D eigenvalue weighted by Crippen LogP contribution is -2.29. The first-order chi connectivity index (χ1) is 12.8. The summed E-state index contributed by atoms with van der Waals surface area (Å²) in [7, 11) is 1.85. The van der Waals surface area contributed by atoms with Gasteiger partial charge in [0.15, 0.2) is 0 Å². The van der Waals surface area contributed by atoms with Gasteiger partial charge in [0.25, 0.3) is 0 Å². The first-order valence-corrected chi connectivity index (χ1v) is 9.53. The number of hydrogen-bond acceptors (Lipinski definition) is 3. The van der Waals surface area contributed by atoms with Gasteiger partial charge >= 0.3 is 0 Å². The van der Waals surface area contributed by atoms with Gasteiger partial charge in [-0.1, -0.05) is 32.0 Å². The third kappa shape index (κ3) is 3.61. The van der Waals surface area contributed by atoms with E-state index in [0.29, 0.717) is 12.5 Å². The van der Waals surface area contributed by atoms with Crippen LogP contribution in [-0.2, 0) is 16.6 Å². The second-order valence-corrected chi connectivity index (χ2v) is 7.43. The Balaban J connectivity index is 1.79. The Labute approximate surface area is 160 Å². The molecule has 1 saturated heterocycles. The Morgan fingerprint density at radius 1 is 1.33 bits per heavy atom. The molecular formula is C21H28N4O2. The summed E-state index contributed by atoms with van der Waals surface area (Å²) in [6.45, 7) is 8.51. The minimum absolute atomic E-state index is 0.00512. The molecule has 2 amide bonds. The summed E-state index contributed by atoms with van der Waals surface area (Å²) in [4.78, 5) is 27.2. The fourth-order valence-corrected chi connectivity index (χ4v) is 3.67. The molecule has 27 heavy (non-hydrogen) atoms. The van der Waals surface area contributed by atoms with Crippen LogP contribution in [0.25, 0.3) is 0 Å². The molecule has 3 rings (SSSR count). The second-order valence-electron chi connectivity index (χ2n) is 7.43. The Morgan fingerprint density at radius 2 is 2.04 bits per heavy atom. The number of carbonyl (C=O) groups excluding carboxylic acids is 2. The summed E-state index contributed by atoms with van der Waals surface area (Å²) in [6.07, 6.45) is 1.24. The van der Waals surface area contributed by atoms with Crippen LogP contribution >= 0.6 is 0 Å². The van der Waals surface area contributed by atoms with Gasteiger partial charge in [-0.15, -0.1) is 0 Å². The first-order valence-electron chi connectivity index (χ1n) is 9.53. The molecule has 0 aliphatic carbocycles. The highest BCUT2D eigenvalue weighted by atomic mass is 16.2. The average Bonchev–Trinajstić information content (AvgIpc) is 3.16. The Morgan fingerprint density at radius 3 is 2.67 bits per heavy atom. The van der Waals surface area contributed by atoms with Crippen LogP contribution in [0.3, 0.4) is 0 Å². The molecule has 0 saturated carbocycles. The smallest absolute Gasteiger partial charge is 0.229 e. The topological polar surface area (TPSA) is 67.2 Å². The molecule has 6 nitrogen and oxygen atoms in total. The molecule has 6 heteroatoms. The van der Waals surface area contributed by atoms with Crippen LogP contribution < -0.4 is 10.2 Å². The van der Waals surface area contributed by atoms with Crippen molar-refractivity contribution in [2.24, 2.45) is 13.0 Å². The molecular weight excluding hydrogens is 340 g/mol. The van der Waals surface area contributed by atoms with Crippen molar-refractivity contribution >= 4 is 23.2 Å². The van der Waals surface area contributed by atoms with Crippen LogP contribution in [0, 0.1) is 19.8 Å². The summed E-state index contributed by atoms with van der Waals surface area (Å²) in [5.41, 5.74) is 4.53.